The van der Waals surface area contributed by atoms with Crippen LogP contribution in [0.3, 0.4) is 0 Å². The summed E-state index contributed by atoms with van der Waals surface area (Å²) in [5, 5.41) is 11.4. The molecular formula is C29H32N8O6S. The number of sulfone groups is 1. The van der Waals surface area contributed by atoms with Crippen LogP contribution in [0.1, 0.15) is 42.1 Å². The van der Waals surface area contributed by atoms with Crippen molar-refractivity contribution in [1.82, 2.24) is 34.2 Å². The van der Waals surface area contributed by atoms with Gasteiger partial charge < -0.3 is 15.2 Å². The highest BCUT2D eigenvalue weighted by Gasteiger charge is 2.45. The monoisotopic (exact) mass is 620 g/mol. The van der Waals surface area contributed by atoms with Crippen molar-refractivity contribution in [2.75, 3.05) is 32.3 Å². The molecule has 1 aliphatic rings. The van der Waals surface area contributed by atoms with Crippen LogP contribution >= 0.6 is 0 Å². The molecule has 1 fully saturated rings. The number of nitrogens with one attached hydrogen (secondary N) is 1. The second-order valence-corrected chi connectivity index (χ2v) is 12.8. The van der Waals surface area contributed by atoms with Crippen LogP contribution in [0.4, 0.5) is 5.82 Å². The van der Waals surface area contributed by atoms with Gasteiger partial charge in [-0.25, -0.2) is 22.8 Å². The van der Waals surface area contributed by atoms with Gasteiger partial charge in [-0.1, -0.05) is 18.2 Å². The fourth-order valence-electron chi connectivity index (χ4n) is 5.83. The first kappa shape index (κ1) is 29.5. The molecule has 1 aromatic carbocycles. The molecule has 6 rings (SSSR count). The number of benzene rings is 1. The molecule has 230 valence electrons. The highest BCUT2D eigenvalue weighted by Crippen LogP contribution is 2.43. The van der Waals surface area contributed by atoms with E-state index in [-0.39, 0.29) is 42.7 Å². The Morgan fingerprint density at radius 1 is 1.11 bits per heavy atom. The zero-order valence-corrected chi connectivity index (χ0v) is 25.0. The Morgan fingerprint density at radius 3 is 2.52 bits per heavy atom. The topological polar surface area (TPSA) is 181 Å². The van der Waals surface area contributed by atoms with Crippen LogP contribution in [-0.2, 0) is 19.3 Å². The molecule has 15 heteroatoms. The summed E-state index contributed by atoms with van der Waals surface area (Å²) >= 11 is 0. The van der Waals surface area contributed by atoms with Crippen LogP contribution < -0.4 is 11.3 Å². The number of methoxy groups -OCH3 is 1. The number of rotatable bonds is 9. The van der Waals surface area contributed by atoms with Crippen LogP contribution in [0.5, 0.6) is 0 Å². The molecule has 0 unspecified atom stereocenters. The van der Waals surface area contributed by atoms with Crippen LogP contribution in [0.25, 0.3) is 22.5 Å². The molecule has 0 aliphatic heterocycles. The maximum atomic E-state index is 13.6. The summed E-state index contributed by atoms with van der Waals surface area (Å²) in [4.78, 5) is 30.1. The molecule has 0 spiro atoms. The third kappa shape index (κ3) is 5.33. The number of ether oxygens (including phenoxy) is 2. The molecule has 5 aromatic rings. The van der Waals surface area contributed by atoms with Crippen molar-refractivity contribution in [1.29, 1.82) is 0 Å². The Morgan fingerprint density at radius 2 is 1.86 bits per heavy atom. The minimum atomic E-state index is -3.82. The van der Waals surface area contributed by atoms with Gasteiger partial charge in [0.2, 0.25) is 0 Å². The molecule has 0 atom stereocenters. The molecular weight excluding hydrogens is 588 g/mol. The van der Waals surface area contributed by atoms with Crippen LogP contribution in [0.2, 0.25) is 0 Å². The first-order valence-electron chi connectivity index (χ1n) is 14.0. The summed E-state index contributed by atoms with van der Waals surface area (Å²) in [6.07, 6.45) is 8.86. The maximum absolute atomic E-state index is 13.6. The lowest BCUT2D eigenvalue weighted by molar-refractivity contribution is -0.0685. The quantitative estimate of drug-likeness (QED) is 0.232. The lowest BCUT2D eigenvalue weighted by Gasteiger charge is -2.38. The average Bonchev–Trinajstić information content (AvgIpc) is 3.77. The van der Waals surface area contributed by atoms with Crippen molar-refractivity contribution in [3.05, 3.63) is 77.2 Å². The van der Waals surface area contributed by atoms with E-state index in [2.05, 4.69) is 15.3 Å². The molecule has 3 N–H and O–H groups in total. The van der Waals surface area contributed by atoms with Crippen LogP contribution in [0.15, 0.2) is 70.9 Å². The highest BCUT2D eigenvalue weighted by atomic mass is 32.2. The van der Waals surface area contributed by atoms with E-state index in [4.69, 9.17) is 20.2 Å². The number of hydrogen-bond acceptors (Lipinski definition) is 10. The highest BCUT2D eigenvalue weighted by molar-refractivity contribution is 7.91. The van der Waals surface area contributed by atoms with Crippen molar-refractivity contribution < 1.29 is 22.7 Å². The molecule has 1 saturated carbocycles. The summed E-state index contributed by atoms with van der Waals surface area (Å²) in [6.45, 7) is 0.443. The van der Waals surface area contributed by atoms with Gasteiger partial charge in [0.1, 0.15) is 16.3 Å². The number of nitrogens with zero attached hydrogens (tertiary/aromatic N) is 6. The number of carbonyl (C=O) groups is 1. The Labute approximate surface area is 252 Å². The van der Waals surface area contributed by atoms with Gasteiger partial charge in [0.25, 0.3) is 11.5 Å². The minimum Gasteiger partial charge on any atom is -0.382 e. The third-order valence-electron chi connectivity index (χ3n) is 8.01. The maximum Gasteiger partial charge on any atom is 0.277 e. The normalized spacial score (nSPS) is 19.0. The zero-order valence-electron chi connectivity index (χ0n) is 24.2. The van der Waals surface area contributed by atoms with Gasteiger partial charge in [0.15, 0.2) is 15.5 Å². The number of aromatic nitrogens is 7. The van der Waals surface area contributed by atoms with Crippen molar-refractivity contribution in [2.45, 2.75) is 42.1 Å². The molecule has 44 heavy (non-hydrogen) atoms. The summed E-state index contributed by atoms with van der Waals surface area (Å²) in [5.74, 6) is -0.797. The molecule has 0 saturated heterocycles. The van der Waals surface area contributed by atoms with Gasteiger partial charge in [0, 0.05) is 48.9 Å². The number of hydrogen-bond donors (Lipinski definition) is 2. The lowest BCUT2D eigenvalue weighted by Crippen LogP contribution is -2.48. The number of para-hydroxylation sites is 1. The van der Waals surface area contributed by atoms with Crippen molar-refractivity contribution in [2.24, 2.45) is 0 Å². The number of aromatic amines is 1. The standard InChI is InChI=1S/C29H32N8O6S/c1-42-14-15-43-29(28(39)35-13-10-23(38)34-35)11-8-19(9-12-29)24-25(44(2,40)41)26(30)37-27(33-24)22(17-32-37)20-16-31-36(18-20)21-6-4-3-5-7-21/h3-7,10,13,16-19H,8-9,11-12,14-15,30H2,1-2H3,(H,34,38)/t19-,29+. The first-order valence-corrected chi connectivity index (χ1v) is 15.9. The summed E-state index contributed by atoms with van der Waals surface area (Å²) in [5.41, 5.74) is 7.80. The van der Waals surface area contributed by atoms with Gasteiger partial charge >= 0.3 is 0 Å². The lowest BCUT2D eigenvalue weighted by atomic mass is 9.76. The zero-order chi connectivity index (χ0) is 31.1. The second kappa shape index (κ2) is 11.5. The molecule has 14 nitrogen and oxygen atoms in total. The molecule has 4 aromatic heterocycles. The smallest absolute Gasteiger partial charge is 0.277 e. The van der Waals surface area contributed by atoms with E-state index in [9.17, 15) is 18.0 Å². The number of H-pyrrole nitrogens is 1. The molecule has 1 aliphatic carbocycles. The van der Waals surface area contributed by atoms with E-state index >= 15 is 0 Å². The number of fused-ring (bicyclic) bond motifs is 1. The fourth-order valence-corrected chi connectivity index (χ4v) is 6.89. The molecule has 0 radical (unpaired) electrons. The number of nitrogens with two attached hydrogens (primary N) is 1. The predicted octanol–water partition coefficient (Wildman–Crippen LogP) is 2.46. The summed E-state index contributed by atoms with van der Waals surface area (Å²) < 4.78 is 41.6. The van der Waals surface area contributed by atoms with E-state index in [0.717, 1.165) is 22.2 Å². The van der Waals surface area contributed by atoms with E-state index in [1.165, 1.54) is 23.9 Å². The van der Waals surface area contributed by atoms with Gasteiger partial charge in [-0.3, -0.25) is 14.7 Å². The Kier molecular flexibility index (Phi) is 7.69. The van der Waals surface area contributed by atoms with Crippen molar-refractivity contribution in [3.8, 4) is 16.8 Å². The first-order chi connectivity index (χ1) is 21.1. The Hall–Kier alpha value is -4.60. The fraction of sp³-hybridized carbons (Fsp3) is 0.345. The van der Waals surface area contributed by atoms with Gasteiger partial charge in [-0.2, -0.15) is 14.7 Å². The van der Waals surface area contributed by atoms with Crippen LogP contribution in [-0.4, -0.2) is 80.7 Å². The Balaban J connectivity index is 1.38. The van der Waals surface area contributed by atoms with Crippen LogP contribution in [0, 0.1) is 0 Å². The summed E-state index contributed by atoms with van der Waals surface area (Å²) in [6, 6.07) is 10.9. The van der Waals surface area contributed by atoms with Gasteiger partial charge in [-0.05, 0) is 37.8 Å². The third-order valence-corrected chi connectivity index (χ3v) is 9.17. The van der Waals surface area contributed by atoms with Gasteiger partial charge in [-0.15, -0.1) is 0 Å². The van der Waals surface area contributed by atoms with Crippen molar-refractivity contribution in [3.63, 3.8) is 0 Å². The number of anilines is 1. The molecule has 0 bridgehead atoms. The number of carbonyl (C=O) groups excluding carboxylic acids is 1. The molecule has 0 amide bonds. The average molecular weight is 621 g/mol. The minimum absolute atomic E-state index is 0.0385. The van der Waals surface area contributed by atoms with E-state index in [1.54, 1.807) is 17.1 Å². The predicted molar refractivity (Wildman–Crippen MR) is 161 cm³/mol. The van der Waals surface area contributed by atoms with E-state index in [0.29, 0.717) is 29.7 Å². The number of nitrogen functional groups attached to an aromatic ring is 1. The van der Waals surface area contributed by atoms with E-state index < -0.39 is 26.9 Å². The Bertz CT molecular complexity index is 1980. The summed E-state index contributed by atoms with van der Waals surface area (Å²) in [7, 11) is -2.28. The SMILES string of the molecule is COCCO[C@]1(C(=O)n2ccc(=O)[nH]2)CC[C@H](c2nc3c(-c4cnn(-c5ccccc5)c4)cnn3c(N)c2S(C)(=O)=O)CC1. The largest absolute Gasteiger partial charge is 0.382 e. The van der Waals surface area contributed by atoms with Crippen molar-refractivity contribution >= 4 is 27.2 Å². The second-order valence-electron chi connectivity index (χ2n) is 10.9. The van der Waals surface area contributed by atoms with Gasteiger partial charge in [0.05, 0.1) is 37.0 Å². The van der Waals surface area contributed by atoms with E-state index in [1.807, 2.05) is 36.5 Å². The molecule has 4 heterocycles.